The van der Waals surface area contributed by atoms with Gasteiger partial charge in [-0.25, -0.2) is 5.43 Å². The van der Waals surface area contributed by atoms with E-state index in [0.29, 0.717) is 17.0 Å². The molecule has 0 atom stereocenters. The lowest BCUT2D eigenvalue weighted by atomic mass is 10.0. The molecular formula is C21H20N2O2. The van der Waals surface area contributed by atoms with Crippen LogP contribution >= 0.6 is 0 Å². The van der Waals surface area contributed by atoms with Crippen LogP contribution in [0, 0.1) is 0 Å². The van der Waals surface area contributed by atoms with Gasteiger partial charge in [0.05, 0.1) is 6.21 Å². The number of carbonyl (C=O) groups excluding carboxylic acids is 1. The highest BCUT2D eigenvalue weighted by Crippen LogP contribution is 2.25. The first kappa shape index (κ1) is 16.7. The first-order valence-electron chi connectivity index (χ1n) is 8.20. The summed E-state index contributed by atoms with van der Waals surface area (Å²) in [4.78, 5) is 12.2. The van der Waals surface area contributed by atoms with Crippen molar-refractivity contribution >= 4 is 22.9 Å². The second-order valence-electron chi connectivity index (χ2n) is 6.20. The molecule has 4 heteroatoms. The van der Waals surface area contributed by atoms with Gasteiger partial charge in [0, 0.05) is 11.1 Å². The molecule has 0 spiro atoms. The highest BCUT2D eigenvalue weighted by atomic mass is 16.3. The van der Waals surface area contributed by atoms with Gasteiger partial charge < -0.3 is 5.11 Å². The van der Waals surface area contributed by atoms with Crippen molar-refractivity contribution < 1.29 is 9.90 Å². The number of phenolic OH excluding ortho intramolecular Hbond substituents is 1. The number of rotatable bonds is 4. The maximum atomic E-state index is 12.2. The molecule has 4 nitrogen and oxygen atoms in total. The summed E-state index contributed by atoms with van der Waals surface area (Å²) in [6.07, 6.45) is 1.47. The number of hydrogen-bond donors (Lipinski definition) is 2. The molecule has 0 aromatic heterocycles. The predicted molar refractivity (Wildman–Crippen MR) is 101 cm³/mol. The Hall–Kier alpha value is -3.14. The molecule has 2 N–H and O–H groups in total. The first-order chi connectivity index (χ1) is 12.1. The van der Waals surface area contributed by atoms with Gasteiger partial charge in [-0.15, -0.1) is 0 Å². The third-order valence-corrected chi connectivity index (χ3v) is 4.15. The molecule has 0 heterocycles. The molecule has 0 fully saturated rings. The monoisotopic (exact) mass is 332 g/mol. The summed E-state index contributed by atoms with van der Waals surface area (Å²) < 4.78 is 0. The summed E-state index contributed by atoms with van der Waals surface area (Å²) in [5, 5.41) is 15.9. The van der Waals surface area contributed by atoms with E-state index in [1.54, 1.807) is 18.2 Å². The number of aromatic hydroxyl groups is 1. The highest BCUT2D eigenvalue weighted by molar-refractivity contribution is 6.03. The molecule has 0 unspecified atom stereocenters. The molecule has 0 saturated carbocycles. The third-order valence-electron chi connectivity index (χ3n) is 4.15. The Morgan fingerprint density at radius 2 is 1.76 bits per heavy atom. The van der Waals surface area contributed by atoms with Gasteiger partial charge in [0.2, 0.25) is 0 Å². The molecule has 0 saturated heterocycles. The molecule has 3 rings (SSSR count). The number of carbonyl (C=O) groups is 1. The first-order valence-corrected chi connectivity index (χ1v) is 8.20. The lowest BCUT2D eigenvalue weighted by Crippen LogP contribution is -2.17. The summed E-state index contributed by atoms with van der Waals surface area (Å²) in [5.74, 6) is 0.258. The van der Waals surface area contributed by atoms with Crippen LogP contribution in [0.1, 0.15) is 41.3 Å². The lowest BCUT2D eigenvalue weighted by Gasteiger charge is -2.06. The van der Waals surface area contributed by atoms with Crippen LogP contribution in [0.4, 0.5) is 0 Å². The molecular weight excluding hydrogens is 312 g/mol. The van der Waals surface area contributed by atoms with Gasteiger partial charge in [0.25, 0.3) is 5.91 Å². The van der Waals surface area contributed by atoms with E-state index in [-0.39, 0.29) is 11.7 Å². The fraction of sp³-hybridized carbons (Fsp3) is 0.143. The smallest absolute Gasteiger partial charge is 0.271 e. The Labute approximate surface area is 146 Å². The number of nitrogens with one attached hydrogen (secondary N) is 1. The highest BCUT2D eigenvalue weighted by Gasteiger charge is 2.07. The molecule has 0 bridgehead atoms. The van der Waals surface area contributed by atoms with Crippen molar-refractivity contribution in [2.45, 2.75) is 19.8 Å². The minimum atomic E-state index is -0.286. The largest absolute Gasteiger partial charge is 0.507 e. The molecule has 1 amide bonds. The Kier molecular flexibility index (Phi) is 4.80. The Bertz CT molecular complexity index is 928. The standard InChI is InChI=1S/C21H20N2O2/c1-14(2)15-7-9-17(10-8-15)21(25)23-22-13-19-18-6-4-3-5-16(18)11-12-20(19)24/h3-14,24H,1-2H3,(H,23,25)/b22-13-. The van der Waals surface area contributed by atoms with E-state index in [4.69, 9.17) is 0 Å². The van der Waals surface area contributed by atoms with Crippen molar-refractivity contribution in [2.24, 2.45) is 5.10 Å². The van der Waals surface area contributed by atoms with Crippen LogP contribution in [0.2, 0.25) is 0 Å². The van der Waals surface area contributed by atoms with Gasteiger partial charge in [0.1, 0.15) is 5.75 Å². The van der Waals surface area contributed by atoms with E-state index in [1.807, 2.05) is 42.5 Å². The van der Waals surface area contributed by atoms with E-state index in [0.717, 1.165) is 10.8 Å². The molecule has 0 aliphatic heterocycles. The molecule has 0 aliphatic rings. The number of phenols is 1. The van der Waals surface area contributed by atoms with Gasteiger partial charge in [-0.1, -0.05) is 56.3 Å². The maximum Gasteiger partial charge on any atom is 0.271 e. The molecule has 3 aromatic carbocycles. The maximum absolute atomic E-state index is 12.2. The van der Waals surface area contributed by atoms with Gasteiger partial charge >= 0.3 is 0 Å². The second-order valence-corrected chi connectivity index (χ2v) is 6.20. The Morgan fingerprint density at radius 3 is 2.48 bits per heavy atom. The quantitative estimate of drug-likeness (QED) is 0.548. The summed E-state index contributed by atoms with van der Waals surface area (Å²) in [5.41, 5.74) is 4.81. The lowest BCUT2D eigenvalue weighted by molar-refractivity contribution is 0.0955. The normalized spacial score (nSPS) is 11.3. The number of nitrogens with zero attached hydrogens (tertiary/aromatic N) is 1. The number of hydrogen-bond acceptors (Lipinski definition) is 3. The van der Waals surface area contributed by atoms with Crippen molar-refractivity contribution in [3.05, 3.63) is 77.4 Å². The molecule has 0 aliphatic carbocycles. The van der Waals surface area contributed by atoms with Crippen LogP contribution in [-0.2, 0) is 0 Å². The SMILES string of the molecule is CC(C)c1ccc(C(=O)N/N=C\c2c(O)ccc3ccccc23)cc1. The average Bonchev–Trinajstić information content (AvgIpc) is 2.63. The fourth-order valence-corrected chi connectivity index (χ4v) is 2.66. The third kappa shape index (κ3) is 3.69. The van der Waals surface area contributed by atoms with Crippen LogP contribution in [-0.4, -0.2) is 17.2 Å². The number of hydrazone groups is 1. The summed E-state index contributed by atoms with van der Waals surface area (Å²) >= 11 is 0. The van der Waals surface area contributed by atoms with Crippen LogP contribution in [0.5, 0.6) is 5.75 Å². The molecule has 126 valence electrons. The van der Waals surface area contributed by atoms with E-state index in [9.17, 15) is 9.90 Å². The van der Waals surface area contributed by atoms with E-state index < -0.39 is 0 Å². The fourth-order valence-electron chi connectivity index (χ4n) is 2.66. The molecule has 25 heavy (non-hydrogen) atoms. The molecule has 0 radical (unpaired) electrons. The van der Waals surface area contributed by atoms with Gasteiger partial charge in [0.15, 0.2) is 0 Å². The van der Waals surface area contributed by atoms with E-state index in [2.05, 4.69) is 24.4 Å². The van der Waals surface area contributed by atoms with E-state index >= 15 is 0 Å². The van der Waals surface area contributed by atoms with Crippen molar-refractivity contribution in [1.82, 2.24) is 5.43 Å². The van der Waals surface area contributed by atoms with Crippen LogP contribution < -0.4 is 5.43 Å². The van der Waals surface area contributed by atoms with Crippen molar-refractivity contribution in [3.8, 4) is 5.75 Å². The van der Waals surface area contributed by atoms with Crippen LogP contribution in [0.25, 0.3) is 10.8 Å². The zero-order valence-electron chi connectivity index (χ0n) is 14.2. The molecule has 3 aromatic rings. The summed E-state index contributed by atoms with van der Waals surface area (Å²) in [6, 6.07) is 18.6. The average molecular weight is 332 g/mol. The Balaban J connectivity index is 1.77. The van der Waals surface area contributed by atoms with E-state index in [1.165, 1.54) is 11.8 Å². The number of amides is 1. The van der Waals surface area contributed by atoms with Crippen molar-refractivity contribution in [3.63, 3.8) is 0 Å². The zero-order valence-corrected chi connectivity index (χ0v) is 14.2. The second kappa shape index (κ2) is 7.18. The number of benzene rings is 3. The van der Waals surface area contributed by atoms with Gasteiger partial charge in [-0.05, 0) is 40.5 Å². The van der Waals surface area contributed by atoms with Crippen molar-refractivity contribution in [2.75, 3.05) is 0 Å². The summed E-state index contributed by atoms with van der Waals surface area (Å²) in [7, 11) is 0. The Morgan fingerprint density at radius 1 is 1.04 bits per heavy atom. The number of fused-ring (bicyclic) bond motifs is 1. The van der Waals surface area contributed by atoms with Crippen molar-refractivity contribution in [1.29, 1.82) is 0 Å². The van der Waals surface area contributed by atoms with Gasteiger partial charge in [-0.3, -0.25) is 4.79 Å². The topological polar surface area (TPSA) is 61.7 Å². The van der Waals surface area contributed by atoms with Gasteiger partial charge in [-0.2, -0.15) is 5.10 Å². The zero-order chi connectivity index (χ0) is 17.8. The minimum Gasteiger partial charge on any atom is -0.507 e. The van der Waals surface area contributed by atoms with Crippen LogP contribution in [0.15, 0.2) is 65.8 Å². The summed E-state index contributed by atoms with van der Waals surface area (Å²) in [6.45, 7) is 4.21. The predicted octanol–water partition coefficient (Wildman–Crippen LogP) is 4.43. The minimum absolute atomic E-state index is 0.123. The van der Waals surface area contributed by atoms with Crippen LogP contribution in [0.3, 0.4) is 0 Å².